The molecular weight excluding hydrogens is 228 g/mol. The Morgan fingerprint density at radius 1 is 1.50 bits per heavy atom. The molecule has 0 amide bonds. The molecule has 2 heterocycles. The van der Waals surface area contributed by atoms with Gasteiger partial charge < -0.3 is 10.1 Å². The first-order chi connectivity index (χ1) is 8.69. The number of hydrogen-bond acceptors (Lipinski definition) is 5. The second-order valence-electron chi connectivity index (χ2n) is 4.74. The number of aromatic nitrogens is 2. The summed E-state index contributed by atoms with van der Waals surface area (Å²) in [7, 11) is 0. The van der Waals surface area contributed by atoms with E-state index in [1.54, 1.807) is 0 Å². The summed E-state index contributed by atoms with van der Waals surface area (Å²) in [6.07, 6.45) is 0. The summed E-state index contributed by atoms with van der Waals surface area (Å²) in [5.74, 6) is 1.81. The molecule has 1 atom stereocenters. The molecule has 0 spiro atoms. The van der Waals surface area contributed by atoms with Gasteiger partial charge in [-0.1, -0.05) is 0 Å². The lowest BCUT2D eigenvalue weighted by Gasteiger charge is -2.32. The van der Waals surface area contributed by atoms with Crippen molar-refractivity contribution < 1.29 is 4.74 Å². The summed E-state index contributed by atoms with van der Waals surface area (Å²) >= 11 is 0. The first kappa shape index (κ1) is 13.2. The van der Waals surface area contributed by atoms with Gasteiger partial charge in [0.2, 0.25) is 0 Å². The van der Waals surface area contributed by atoms with Gasteiger partial charge in [-0.25, -0.2) is 9.97 Å². The van der Waals surface area contributed by atoms with Crippen molar-refractivity contribution in [2.45, 2.75) is 33.4 Å². The quantitative estimate of drug-likeness (QED) is 0.876. The number of hydrogen-bond donors (Lipinski definition) is 1. The molecule has 5 nitrogen and oxygen atoms in total. The fraction of sp³-hybridized carbons (Fsp3) is 0.692. The highest BCUT2D eigenvalue weighted by atomic mass is 16.5. The lowest BCUT2D eigenvalue weighted by atomic mass is 10.2. The highest BCUT2D eigenvalue weighted by Crippen LogP contribution is 2.12. The monoisotopic (exact) mass is 250 g/mol. The molecule has 0 aromatic carbocycles. The van der Waals surface area contributed by atoms with Gasteiger partial charge in [0, 0.05) is 30.9 Å². The smallest absolute Gasteiger partial charge is 0.144 e. The second-order valence-corrected chi connectivity index (χ2v) is 4.74. The lowest BCUT2D eigenvalue weighted by Crippen LogP contribution is -2.43. The zero-order valence-corrected chi connectivity index (χ0v) is 11.4. The van der Waals surface area contributed by atoms with Crippen molar-refractivity contribution >= 4 is 5.82 Å². The Hall–Kier alpha value is -1.20. The molecule has 0 aliphatic carbocycles. The van der Waals surface area contributed by atoms with E-state index in [4.69, 9.17) is 4.74 Å². The topological polar surface area (TPSA) is 50.3 Å². The van der Waals surface area contributed by atoms with E-state index in [1.807, 2.05) is 13.0 Å². The van der Waals surface area contributed by atoms with Crippen molar-refractivity contribution in [3.05, 3.63) is 17.6 Å². The third kappa shape index (κ3) is 3.40. The average Bonchev–Trinajstić information content (AvgIpc) is 2.32. The molecule has 1 aromatic rings. The van der Waals surface area contributed by atoms with Crippen molar-refractivity contribution in [3.8, 4) is 0 Å². The molecule has 2 rings (SSSR count). The van der Waals surface area contributed by atoms with E-state index in [0.29, 0.717) is 6.04 Å². The molecule has 1 aliphatic rings. The SMILES string of the molecule is CCNc1cc(C)nc(CN2CCOCC2C)n1. The summed E-state index contributed by atoms with van der Waals surface area (Å²) in [5.41, 5.74) is 1.01. The highest BCUT2D eigenvalue weighted by Gasteiger charge is 2.19. The molecule has 1 unspecified atom stereocenters. The number of morpholine rings is 1. The number of nitrogens with one attached hydrogen (secondary N) is 1. The van der Waals surface area contributed by atoms with Crippen LogP contribution in [0.2, 0.25) is 0 Å². The van der Waals surface area contributed by atoms with E-state index in [9.17, 15) is 0 Å². The van der Waals surface area contributed by atoms with Gasteiger partial charge >= 0.3 is 0 Å². The third-order valence-electron chi connectivity index (χ3n) is 3.11. The maximum atomic E-state index is 5.44. The lowest BCUT2D eigenvalue weighted by molar-refractivity contribution is -0.00549. The Kier molecular flexibility index (Phi) is 4.49. The second kappa shape index (κ2) is 6.11. The van der Waals surface area contributed by atoms with Crippen LogP contribution in [-0.4, -0.2) is 47.2 Å². The minimum atomic E-state index is 0.436. The van der Waals surface area contributed by atoms with Gasteiger partial charge in [-0.05, 0) is 20.8 Å². The minimum absolute atomic E-state index is 0.436. The van der Waals surface area contributed by atoms with Crippen LogP contribution in [0.15, 0.2) is 6.07 Å². The number of rotatable bonds is 4. The summed E-state index contributed by atoms with van der Waals surface area (Å²) in [6, 6.07) is 2.42. The van der Waals surface area contributed by atoms with Crippen LogP contribution in [0.25, 0.3) is 0 Å². The number of aryl methyl sites for hydroxylation is 1. The van der Waals surface area contributed by atoms with Crippen molar-refractivity contribution in [1.82, 2.24) is 14.9 Å². The van der Waals surface area contributed by atoms with Crippen LogP contribution in [0.4, 0.5) is 5.82 Å². The van der Waals surface area contributed by atoms with E-state index in [1.165, 1.54) is 0 Å². The molecule has 5 heteroatoms. The largest absolute Gasteiger partial charge is 0.379 e. The number of ether oxygens (including phenoxy) is 1. The van der Waals surface area contributed by atoms with Crippen molar-refractivity contribution in [1.29, 1.82) is 0 Å². The Morgan fingerprint density at radius 3 is 3.06 bits per heavy atom. The molecule has 100 valence electrons. The Balaban J connectivity index is 2.07. The van der Waals surface area contributed by atoms with Crippen LogP contribution in [0.3, 0.4) is 0 Å². The van der Waals surface area contributed by atoms with Gasteiger partial charge in [-0.2, -0.15) is 0 Å². The fourth-order valence-electron chi connectivity index (χ4n) is 2.15. The predicted molar refractivity (Wildman–Crippen MR) is 71.6 cm³/mol. The van der Waals surface area contributed by atoms with Crippen molar-refractivity contribution in [2.75, 3.05) is 31.6 Å². The Morgan fingerprint density at radius 2 is 2.33 bits per heavy atom. The van der Waals surface area contributed by atoms with Crippen LogP contribution in [0, 0.1) is 6.92 Å². The number of anilines is 1. The van der Waals surface area contributed by atoms with Gasteiger partial charge in [0.05, 0.1) is 19.8 Å². The molecule has 0 saturated carbocycles. The third-order valence-corrected chi connectivity index (χ3v) is 3.11. The average molecular weight is 250 g/mol. The minimum Gasteiger partial charge on any atom is -0.379 e. The van der Waals surface area contributed by atoms with Crippen LogP contribution in [0.5, 0.6) is 0 Å². The van der Waals surface area contributed by atoms with Crippen LogP contribution >= 0.6 is 0 Å². The molecule has 1 aromatic heterocycles. The Labute approximate surface area is 109 Å². The van der Waals surface area contributed by atoms with Crippen LogP contribution in [-0.2, 0) is 11.3 Å². The van der Waals surface area contributed by atoms with Crippen molar-refractivity contribution in [2.24, 2.45) is 0 Å². The summed E-state index contributed by atoms with van der Waals surface area (Å²) in [4.78, 5) is 11.4. The van der Waals surface area contributed by atoms with E-state index in [0.717, 1.165) is 50.2 Å². The first-order valence-electron chi connectivity index (χ1n) is 6.59. The van der Waals surface area contributed by atoms with Gasteiger partial charge in [0.15, 0.2) is 0 Å². The predicted octanol–water partition coefficient (Wildman–Crippen LogP) is 1.44. The molecular formula is C13H22N4O. The molecule has 0 bridgehead atoms. The highest BCUT2D eigenvalue weighted by molar-refractivity contribution is 5.35. The molecule has 0 radical (unpaired) electrons. The summed E-state index contributed by atoms with van der Waals surface area (Å²) in [6.45, 7) is 10.5. The number of nitrogens with zero attached hydrogens (tertiary/aromatic N) is 3. The van der Waals surface area contributed by atoms with Gasteiger partial charge in [-0.15, -0.1) is 0 Å². The zero-order valence-electron chi connectivity index (χ0n) is 11.4. The molecule has 1 aliphatic heterocycles. The summed E-state index contributed by atoms with van der Waals surface area (Å²) in [5, 5.41) is 3.24. The molecule has 18 heavy (non-hydrogen) atoms. The normalized spacial score (nSPS) is 20.9. The van der Waals surface area contributed by atoms with E-state index in [-0.39, 0.29) is 0 Å². The zero-order chi connectivity index (χ0) is 13.0. The van der Waals surface area contributed by atoms with Crippen molar-refractivity contribution in [3.63, 3.8) is 0 Å². The maximum Gasteiger partial charge on any atom is 0.144 e. The van der Waals surface area contributed by atoms with Gasteiger partial charge in [0.25, 0.3) is 0 Å². The maximum absolute atomic E-state index is 5.44. The molecule has 1 saturated heterocycles. The fourth-order valence-corrected chi connectivity index (χ4v) is 2.15. The van der Waals surface area contributed by atoms with Crippen LogP contribution < -0.4 is 5.32 Å². The Bertz CT molecular complexity index is 397. The molecule has 1 fully saturated rings. The van der Waals surface area contributed by atoms with Crippen LogP contribution in [0.1, 0.15) is 25.4 Å². The van der Waals surface area contributed by atoms with E-state index < -0.39 is 0 Å². The first-order valence-corrected chi connectivity index (χ1v) is 6.59. The summed E-state index contributed by atoms with van der Waals surface area (Å²) < 4.78 is 5.44. The standard InChI is InChI=1S/C13H22N4O/c1-4-14-12-7-10(2)15-13(16-12)8-17-5-6-18-9-11(17)3/h7,11H,4-6,8-9H2,1-3H3,(H,14,15,16). The van der Waals surface area contributed by atoms with Gasteiger partial charge in [0.1, 0.15) is 11.6 Å². The van der Waals surface area contributed by atoms with Gasteiger partial charge in [-0.3, -0.25) is 4.90 Å². The molecule has 1 N–H and O–H groups in total. The van der Waals surface area contributed by atoms with E-state index in [2.05, 4.69) is 34.0 Å². The van der Waals surface area contributed by atoms with E-state index >= 15 is 0 Å².